The second-order valence-corrected chi connectivity index (χ2v) is 2.89. The number of aryl methyl sites for hydroxylation is 1. The summed E-state index contributed by atoms with van der Waals surface area (Å²) in [5.41, 5.74) is 1.76. The molecule has 1 rings (SSSR count). The minimum Gasteiger partial charge on any atom is -0.394 e. The first-order chi connectivity index (χ1) is 6.26. The van der Waals surface area contributed by atoms with E-state index < -0.39 is 0 Å². The van der Waals surface area contributed by atoms with Gasteiger partial charge in [0.05, 0.1) is 19.3 Å². The lowest BCUT2D eigenvalue weighted by Gasteiger charge is -2.14. The molecule has 0 aromatic carbocycles. The predicted octanol–water partition coefficient (Wildman–Crippen LogP) is 0.155. The van der Waals surface area contributed by atoms with E-state index >= 15 is 0 Å². The Morgan fingerprint density at radius 2 is 2.15 bits per heavy atom. The Hall–Kier alpha value is -1.13. The number of pyridine rings is 1. The van der Waals surface area contributed by atoms with Crippen LogP contribution in [0.2, 0.25) is 0 Å². The molecule has 0 aliphatic rings. The van der Waals surface area contributed by atoms with E-state index in [-0.39, 0.29) is 19.3 Å². The maximum absolute atomic E-state index is 8.82. The van der Waals surface area contributed by atoms with Crippen LogP contribution in [0.5, 0.6) is 0 Å². The molecule has 4 heteroatoms. The van der Waals surface area contributed by atoms with Crippen molar-refractivity contribution in [2.75, 3.05) is 18.5 Å². The van der Waals surface area contributed by atoms with Crippen molar-refractivity contribution >= 4 is 5.69 Å². The highest BCUT2D eigenvalue weighted by Gasteiger charge is 2.04. The molecule has 0 unspecified atom stereocenters. The highest BCUT2D eigenvalue weighted by atomic mass is 16.3. The summed E-state index contributed by atoms with van der Waals surface area (Å²) in [6.45, 7) is 1.72. The Labute approximate surface area is 77.2 Å². The number of aliphatic hydroxyl groups is 2. The normalized spacial score (nSPS) is 10.5. The van der Waals surface area contributed by atoms with Crippen molar-refractivity contribution in [3.05, 3.63) is 24.0 Å². The Balaban J connectivity index is 2.62. The van der Waals surface area contributed by atoms with E-state index in [0.29, 0.717) is 0 Å². The van der Waals surface area contributed by atoms with Crippen LogP contribution in [0.1, 0.15) is 5.69 Å². The molecular weight excluding hydrogens is 168 g/mol. The van der Waals surface area contributed by atoms with Crippen molar-refractivity contribution in [2.45, 2.75) is 13.0 Å². The fourth-order valence-corrected chi connectivity index (χ4v) is 1.02. The quantitative estimate of drug-likeness (QED) is 0.620. The number of aliphatic hydroxyl groups excluding tert-OH is 2. The van der Waals surface area contributed by atoms with E-state index in [1.165, 1.54) is 0 Å². The first kappa shape index (κ1) is 9.95. The number of hydrogen-bond donors (Lipinski definition) is 3. The summed E-state index contributed by atoms with van der Waals surface area (Å²) in [5.74, 6) is 0. The predicted molar refractivity (Wildman–Crippen MR) is 50.6 cm³/mol. The third kappa shape index (κ3) is 3.01. The monoisotopic (exact) mass is 182 g/mol. The summed E-state index contributed by atoms with van der Waals surface area (Å²) in [4.78, 5) is 4.03. The van der Waals surface area contributed by atoms with E-state index in [0.717, 1.165) is 11.4 Å². The van der Waals surface area contributed by atoms with E-state index in [2.05, 4.69) is 10.3 Å². The molecule has 4 nitrogen and oxygen atoms in total. The zero-order valence-electron chi connectivity index (χ0n) is 7.57. The average molecular weight is 182 g/mol. The van der Waals surface area contributed by atoms with Gasteiger partial charge in [-0.15, -0.1) is 0 Å². The van der Waals surface area contributed by atoms with Crippen LogP contribution in [-0.4, -0.2) is 34.5 Å². The number of aromatic nitrogens is 1. The third-order valence-corrected chi connectivity index (χ3v) is 1.71. The molecule has 0 bridgehead atoms. The van der Waals surface area contributed by atoms with Crippen LogP contribution in [0.15, 0.2) is 18.3 Å². The van der Waals surface area contributed by atoms with Gasteiger partial charge in [-0.25, -0.2) is 0 Å². The maximum Gasteiger partial charge on any atom is 0.0723 e. The summed E-state index contributed by atoms with van der Waals surface area (Å²) in [6, 6.07) is 3.35. The summed E-state index contributed by atoms with van der Waals surface area (Å²) in [5, 5.41) is 20.6. The van der Waals surface area contributed by atoms with Crippen molar-refractivity contribution in [3.63, 3.8) is 0 Å². The molecule has 0 fully saturated rings. The van der Waals surface area contributed by atoms with Crippen molar-refractivity contribution in [2.24, 2.45) is 0 Å². The summed E-state index contributed by atoms with van der Waals surface area (Å²) >= 11 is 0. The van der Waals surface area contributed by atoms with Gasteiger partial charge in [0.15, 0.2) is 0 Å². The molecule has 13 heavy (non-hydrogen) atoms. The molecule has 72 valence electrons. The van der Waals surface area contributed by atoms with Crippen molar-refractivity contribution in [3.8, 4) is 0 Å². The van der Waals surface area contributed by atoms with Crippen molar-refractivity contribution in [1.82, 2.24) is 4.98 Å². The standard InChI is InChI=1S/C9H14N2O2/c1-7-4-8(2-3-10-7)11-9(5-12)6-13/h2-4,9,12-13H,5-6H2,1H3,(H,10,11). The molecule has 1 aromatic heterocycles. The van der Waals surface area contributed by atoms with Crippen LogP contribution in [-0.2, 0) is 0 Å². The highest BCUT2D eigenvalue weighted by molar-refractivity contribution is 5.43. The van der Waals surface area contributed by atoms with Gasteiger partial charge in [-0.05, 0) is 19.1 Å². The number of nitrogens with one attached hydrogen (secondary N) is 1. The zero-order chi connectivity index (χ0) is 9.68. The largest absolute Gasteiger partial charge is 0.394 e. The van der Waals surface area contributed by atoms with Crippen LogP contribution in [0.3, 0.4) is 0 Å². The SMILES string of the molecule is Cc1cc(NC(CO)CO)ccn1. The topological polar surface area (TPSA) is 65.4 Å². The summed E-state index contributed by atoms with van der Waals surface area (Å²) in [7, 11) is 0. The molecule has 0 saturated carbocycles. The lowest BCUT2D eigenvalue weighted by molar-refractivity contribution is 0.204. The van der Waals surface area contributed by atoms with Gasteiger partial charge in [-0.3, -0.25) is 4.98 Å². The van der Waals surface area contributed by atoms with Gasteiger partial charge in [0, 0.05) is 17.6 Å². The Morgan fingerprint density at radius 3 is 2.69 bits per heavy atom. The van der Waals surface area contributed by atoms with Crippen LogP contribution in [0, 0.1) is 6.92 Å². The van der Waals surface area contributed by atoms with Gasteiger partial charge in [0.2, 0.25) is 0 Å². The third-order valence-electron chi connectivity index (χ3n) is 1.71. The van der Waals surface area contributed by atoms with Gasteiger partial charge in [0.25, 0.3) is 0 Å². The first-order valence-electron chi connectivity index (χ1n) is 4.17. The minimum absolute atomic E-state index is 0.0854. The molecule has 0 atom stereocenters. The van der Waals surface area contributed by atoms with Gasteiger partial charge in [-0.2, -0.15) is 0 Å². The second kappa shape index (κ2) is 4.79. The van der Waals surface area contributed by atoms with E-state index in [9.17, 15) is 0 Å². The van der Waals surface area contributed by atoms with E-state index in [1.54, 1.807) is 12.3 Å². The number of hydrogen-bond acceptors (Lipinski definition) is 4. The van der Waals surface area contributed by atoms with E-state index in [4.69, 9.17) is 10.2 Å². The van der Waals surface area contributed by atoms with Gasteiger partial charge >= 0.3 is 0 Å². The Morgan fingerprint density at radius 1 is 1.46 bits per heavy atom. The van der Waals surface area contributed by atoms with Crippen molar-refractivity contribution < 1.29 is 10.2 Å². The van der Waals surface area contributed by atoms with Crippen LogP contribution >= 0.6 is 0 Å². The van der Waals surface area contributed by atoms with Gasteiger partial charge < -0.3 is 15.5 Å². The zero-order valence-corrected chi connectivity index (χ0v) is 7.57. The average Bonchev–Trinajstić information content (AvgIpc) is 2.14. The molecule has 3 N–H and O–H groups in total. The lowest BCUT2D eigenvalue weighted by Crippen LogP contribution is -2.27. The lowest BCUT2D eigenvalue weighted by atomic mass is 10.3. The first-order valence-corrected chi connectivity index (χ1v) is 4.17. The fourth-order valence-electron chi connectivity index (χ4n) is 1.02. The molecule has 0 saturated heterocycles. The number of anilines is 1. The summed E-state index contributed by atoms with van der Waals surface area (Å²) < 4.78 is 0. The Bertz CT molecular complexity index is 262. The molecule has 1 aromatic rings. The van der Waals surface area contributed by atoms with Gasteiger partial charge in [-0.1, -0.05) is 0 Å². The van der Waals surface area contributed by atoms with Crippen molar-refractivity contribution in [1.29, 1.82) is 0 Å². The number of rotatable bonds is 4. The van der Waals surface area contributed by atoms with Crippen LogP contribution in [0.4, 0.5) is 5.69 Å². The molecule has 0 radical (unpaired) electrons. The number of nitrogens with zero attached hydrogens (tertiary/aromatic N) is 1. The fraction of sp³-hybridized carbons (Fsp3) is 0.444. The van der Waals surface area contributed by atoms with E-state index in [1.807, 2.05) is 13.0 Å². The molecule has 0 aliphatic carbocycles. The van der Waals surface area contributed by atoms with Crippen LogP contribution < -0.4 is 5.32 Å². The molecule has 0 spiro atoms. The second-order valence-electron chi connectivity index (χ2n) is 2.89. The van der Waals surface area contributed by atoms with Crippen LogP contribution in [0.25, 0.3) is 0 Å². The molecule has 0 amide bonds. The summed E-state index contributed by atoms with van der Waals surface area (Å²) in [6.07, 6.45) is 1.68. The smallest absolute Gasteiger partial charge is 0.0723 e. The Kier molecular flexibility index (Phi) is 3.67. The highest BCUT2D eigenvalue weighted by Crippen LogP contribution is 2.08. The molecular formula is C9H14N2O2. The van der Waals surface area contributed by atoms with Gasteiger partial charge in [0.1, 0.15) is 0 Å². The maximum atomic E-state index is 8.82. The molecule has 1 heterocycles. The minimum atomic E-state index is -0.304. The molecule has 0 aliphatic heterocycles.